The van der Waals surface area contributed by atoms with Gasteiger partial charge in [-0.2, -0.15) is 10.5 Å². The van der Waals surface area contributed by atoms with Gasteiger partial charge in [-0.3, -0.25) is 9.59 Å². The van der Waals surface area contributed by atoms with Crippen molar-refractivity contribution >= 4 is 24.1 Å². The number of rotatable bonds is 4. The van der Waals surface area contributed by atoms with Crippen molar-refractivity contribution in [3.05, 3.63) is 70.8 Å². The van der Waals surface area contributed by atoms with E-state index >= 15 is 0 Å². The van der Waals surface area contributed by atoms with Gasteiger partial charge in [0.15, 0.2) is 0 Å². The van der Waals surface area contributed by atoms with Gasteiger partial charge >= 0.3 is 24.1 Å². The van der Waals surface area contributed by atoms with Gasteiger partial charge in [-0.25, -0.2) is 9.59 Å². The van der Waals surface area contributed by atoms with Gasteiger partial charge in [-0.15, -0.1) is 0 Å². The molecule has 2 aromatic rings. The maximum absolute atomic E-state index is 12.2. The van der Waals surface area contributed by atoms with Gasteiger partial charge in [0, 0.05) is 38.0 Å². The van der Waals surface area contributed by atoms with Crippen LogP contribution in [0.15, 0.2) is 48.5 Å². The zero-order chi connectivity index (χ0) is 34.4. The lowest BCUT2D eigenvalue weighted by Crippen LogP contribution is -2.35. The smallest absolute Gasteiger partial charge is 0.410 e. The van der Waals surface area contributed by atoms with Crippen molar-refractivity contribution in [3.63, 3.8) is 0 Å². The highest BCUT2D eigenvalue weighted by atomic mass is 16.6. The zero-order valence-electron chi connectivity index (χ0n) is 26.9. The molecule has 46 heavy (non-hydrogen) atoms. The first-order valence-corrected chi connectivity index (χ1v) is 14.8. The molecule has 0 radical (unpaired) electrons. The Kier molecular flexibility index (Phi) is 11.0. The Morgan fingerprint density at radius 3 is 1.26 bits per heavy atom. The fraction of sp³-hybridized carbons (Fsp3) is 0.471. The lowest BCUT2D eigenvalue weighted by Gasteiger charge is -2.24. The average molecular weight is 633 g/mol. The fourth-order valence-electron chi connectivity index (χ4n) is 5.53. The van der Waals surface area contributed by atoms with E-state index in [0.717, 1.165) is 0 Å². The molecule has 2 fully saturated rings. The molecular formula is C34H40N4O8. The minimum atomic E-state index is -0.978. The molecule has 2 heterocycles. The Hall–Kier alpha value is -5.10. The number of carboxylic acids is 2. The number of amides is 2. The van der Waals surface area contributed by atoms with Crippen molar-refractivity contribution < 1.29 is 38.9 Å². The standard InChI is InChI=1S/2C17H20N2O4/c2*1-17(2,3)23-16(22)19-9-13(14(10-19)15(20)21)12-7-5-4-6-11(12)8-18/h2*4-7,13-14H,9-10H2,1-3H3,(H,20,21)/t2*13-,14+/m10/s1. The average Bonchev–Trinajstić information content (AvgIpc) is 3.62. The number of nitrogens with zero attached hydrogens (tertiary/aromatic N) is 4. The third-order valence-electron chi connectivity index (χ3n) is 7.54. The second kappa shape index (κ2) is 14.3. The van der Waals surface area contributed by atoms with Crippen molar-refractivity contribution in [1.29, 1.82) is 10.5 Å². The van der Waals surface area contributed by atoms with Crippen LogP contribution in [0.1, 0.15) is 75.6 Å². The number of carbonyl (C=O) groups excluding carboxylic acids is 2. The van der Waals surface area contributed by atoms with Crippen molar-refractivity contribution in [1.82, 2.24) is 9.80 Å². The second-order valence-corrected chi connectivity index (χ2v) is 13.3. The summed E-state index contributed by atoms with van der Waals surface area (Å²) in [6, 6.07) is 18.0. The van der Waals surface area contributed by atoms with E-state index < -0.39 is 59.0 Å². The van der Waals surface area contributed by atoms with E-state index in [2.05, 4.69) is 12.1 Å². The van der Waals surface area contributed by atoms with Crippen LogP contribution in [-0.4, -0.2) is 81.5 Å². The van der Waals surface area contributed by atoms with Gasteiger partial charge in [-0.05, 0) is 64.8 Å². The van der Waals surface area contributed by atoms with Crippen LogP contribution in [0.2, 0.25) is 0 Å². The first-order valence-electron chi connectivity index (χ1n) is 14.8. The summed E-state index contributed by atoms with van der Waals surface area (Å²) < 4.78 is 10.6. The van der Waals surface area contributed by atoms with Crippen LogP contribution < -0.4 is 0 Å². The summed E-state index contributed by atoms with van der Waals surface area (Å²) >= 11 is 0. The first-order chi connectivity index (χ1) is 21.5. The Morgan fingerprint density at radius 2 is 0.978 bits per heavy atom. The van der Waals surface area contributed by atoms with Crippen LogP contribution in [0.3, 0.4) is 0 Å². The summed E-state index contributed by atoms with van der Waals surface area (Å²) in [6.45, 7) is 11.2. The molecule has 0 aliphatic carbocycles. The van der Waals surface area contributed by atoms with E-state index in [1.54, 1.807) is 90.1 Å². The largest absolute Gasteiger partial charge is 0.481 e. The number of aliphatic carboxylic acids is 2. The molecule has 2 N–H and O–H groups in total. The topological polar surface area (TPSA) is 181 Å². The highest BCUT2D eigenvalue weighted by Gasteiger charge is 2.43. The molecule has 0 spiro atoms. The number of carbonyl (C=O) groups is 4. The van der Waals surface area contributed by atoms with Crippen molar-refractivity contribution in [3.8, 4) is 12.1 Å². The van der Waals surface area contributed by atoms with Gasteiger partial charge in [0.05, 0.1) is 35.1 Å². The van der Waals surface area contributed by atoms with Crippen LogP contribution in [0.4, 0.5) is 9.59 Å². The van der Waals surface area contributed by atoms with E-state index in [1.807, 2.05) is 0 Å². The minimum absolute atomic E-state index is 0.0781. The Labute approximate surface area is 268 Å². The van der Waals surface area contributed by atoms with E-state index in [4.69, 9.17) is 9.47 Å². The van der Waals surface area contributed by atoms with Gasteiger partial charge in [0.2, 0.25) is 0 Å². The van der Waals surface area contributed by atoms with Crippen LogP contribution in [0, 0.1) is 34.5 Å². The summed E-state index contributed by atoms with van der Waals surface area (Å²) in [5, 5.41) is 37.4. The molecule has 244 valence electrons. The summed E-state index contributed by atoms with van der Waals surface area (Å²) in [5.74, 6) is -4.30. The molecule has 4 atom stereocenters. The number of nitriles is 2. The molecule has 0 saturated carbocycles. The molecule has 12 nitrogen and oxygen atoms in total. The van der Waals surface area contributed by atoms with Gasteiger partial charge in [0.1, 0.15) is 11.2 Å². The molecular weight excluding hydrogens is 592 g/mol. The minimum Gasteiger partial charge on any atom is -0.481 e. The van der Waals surface area contributed by atoms with Crippen LogP contribution in [0.5, 0.6) is 0 Å². The lowest BCUT2D eigenvalue weighted by molar-refractivity contribution is -0.142. The second-order valence-electron chi connectivity index (χ2n) is 13.3. The monoisotopic (exact) mass is 632 g/mol. The normalized spacial score (nSPS) is 20.9. The van der Waals surface area contributed by atoms with E-state index in [9.17, 15) is 39.9 Å². The molecule has 0 unspecified atom stereocenters. The number of carboxylic acid groups (broad SMARTS) is 2. The molecule has 4 rings (SSSR count). The Balaban J connectivity index is 0.000000250. The number of hydrogen-bond acceptors (Lipinski definition) is 8. The SMILES string of the molecule is CC(C)(C)OC(=O)N1C[C@@H](C(=O)O)[C@H](c2ccccc2C#N)C1.CC(C)(C)OC(=O)N1C[C@H](C(=O)O)[C@@H](c2ccccc2C#N)C1. The lowest BCUT2D eigenvalue weighted by atomic mass is 9.86. The Bertz CT molecular complexity index is 1430. The van der Waals surface area contributed by atoms with Gasteiger partial charge in [-0.1, -0.05) is 36.4 Å². The van der Waals surface area contributed by atoms with E-state index in [-0.39, 0.29) is 26.2 Å². The predicted molar refractivity (Wildman–Crippen MR) is 166 cm³/mol. The molecule has 2 aliphatic rings. The van der Waals surface area contributed by atoms with E-state index in [1.165, 1.54) is 9.80 Å². The number of benzene rings is 2. The molecule has 0 bridgehead atoms. The highest BCUT2D eigenvalue weighted by molar-refractivity contribution is 5.77. The predicted octanol–water partition coefficient (Wildman–Crippen LogP) is 5.19. The summed E-state index contributed by atoms with van der Waals surface area (Å²) in [4.78, 5) is 50.4. The maximum atomic E-state index is 12.2. The molecule has 2 aromatic carbocycles. The quantitative estimate of drug-likeness (QED) is 0.455. The maximum Gasteiger partial charge on any atom is 0.410 e. The van der Waals surface area contributed by atoms with Crippen LogP contribution in [0.25, 0.3) is 0 Å². The molecule has 2 amide bonds. The molecule has 2 aliphatic heterocycles. The van der Waals surface area contributed by atoms with Crippen molar-refractivity contribution in [2.75, 3.05) is 26.2 Å². The third kappa shape index (κ3) is 8.98. The summed E-state index contributed by atoms with van der Waals surface area (Å²) in [6.07, 6.45) is -1.05. The summed E-state index contributed by atoms with van der Waals surface area (Å²) in [7, 11) is 0. The number of ether oxygens (including phenoxy) is 2. The Morgan fingerprint density at radius 1 is 0.652 bits per heavy atom. The van der Waals surface area contributed by atoms with Gasteiger partial charge in [0.25, 0.3) is 0 Å². The zero-order valence-corrected chi connectivity index (χ0v) is 26.9. The van der Waals surface area contributed by atoms with Crippen LogP contribution in [-0.2, 0) is 19.1 Å². The summed E-state index contributed by atoms with van der Waals surface area (Å²) in [5.41, 5.74) is 0.920. The van der Waals surface area contributed by atoms with Crippen LogP contribution >= 0.6 is 0 Å². The highest BCUT2D eigenvalue weighted by Crippen LogP contribution is 2.36. The number of likely N-dealkylation sites (tertiary alicyclic amines) is 2. The molecule has 0 aromatic heterocycles. The van der Waals surface area contributed by atoms with Gasteiger partial charge < -0.3 is 29.5 Å². The van der Waals surface area contributed by atoms with Crippen molar-refractivity contribution in [2.45, 2.75) is 64.6 Å². The molecule has 2 saturated heterocycles. The van der Waals surface area contributed by atoms with E-state index in [0.29, 0.717) is 22.3 Å². The van der Waals surface area contributed by atoms with Crippen molar-refractivity contribution in [2.24, 2.45) is 11.8 Å². The fourth-order valence-corrected chi connectivity index (χ4v) is 5.53. The number of hydrogen-bond donors (Lipinski definition) is 2. The first kappa shape index (κ1) is 35.4. The molecule has 12 heteroatoms. The third-order valence-corrected chi connectivity index (χ3v) is 7.54.